The summed E-state index contributed by atoms with van der Waals surface area (Å²) < 4.78 is 0. The van der Waals surface area contributed by atoms with E-state index in [1.54, 1.807) is 0 Å². The molecule has 0 aliphatic carbocycles. The fourth-order valence-electron chi connectivity index (χ4n) is 0. The second kappa shape index (κ2) is 26.4. The molecule has 0 aromatic carbocycles. The topological polar surface area (TPSA) is 0 Å². The van der Waals surface area contributed by atoms with Gasteiger partial charge in [0.25, 0.3) is 0 Å². The Balaban J connectivity index is 0. The monoisotopic (exact) mass is 126 g/mol. The lowest BCUT2D eigenvalue weighted by Gasteiger charge is -0.00100. The van der Waals surface area contributed by atoms with E-state index >= 15 is 0 Å². The molecule has 0 aliphatic rings. The van der Waals surface area contributed by atoms with Crippen LogP contribution >= 0.6 is 0 Å². The molecule has 12 radical (unpaired) electrons. The molecule has 0 rings (SSSR count). The summed E-state index contributed by atoms with van der Waals surface area (Å²) in [5.41, 5.74) is 0. The maximum atomic E-state index is 0. The van der Waals surface area contributed by atoms with E-state index in [0.717, 1.165) is 0 Å². The fourth-order valence-corrected chi connectivity index (χ4v) is 0. The number of rotatable bonds is 0. The molecule has 0 bridgehead atoms. The third-order valence-electron chi connectivity index (χ3n) is 0. The summed E-state index contributed by atoms with van der Waals surface area (Å²) in [5.74, 6) is 0. The van der Waals surface area contributed by atoms with Crippen LogP contribution in [0.5, 0.6) is 0 Å². The predicted molar refractivity (Wildman–Crippen MR) is 28.8 cm³/mol. The lowest BCUT2D eigenvalue weighted by atomic mass is 24.3. The molecule has 12 valence electrons. The Labute approximate surface area is 102 Å². The van der Waals surface area contributed by atoms with Gasteiger partial charge in [0, 0.05) is 104 Å². The molecule has 0 aromatic heterocycles. The van der Waals surface area contributed by atoms with Gasteiger partial charge in [0.2, 0.25) is 0 Å². The highest BCUT2D eigenvalue weighted by molar-refractivity contribution is 5.76. The van der Waals surface area contributed by atoms with E-state index in [2.05, 4.69) is 0 Å². The zero-order chi connectivity index (χ0) is 0. The second-order valence-corrected chi connectivity index (χ2v) is 0. The predicted octanol–water partition coefficient (Wildman–Crippen LogP) is -1.90. The summed E-state index contributed by atoms with van der Waals surface area (Å²) in [6.07, 6.45) is 0. The van der Waals surface area contributed by atoms with Crippen molar-refractivity contribution in [3.8, 4) is 0 Å². The molecule has 0 saturated heterocycles. The van der Waals surface area contributed by atoms with Gasteiger partial charge in [0.15, 0.2) is 0 Å². The molecule has 5 heteroatoms. The summed E-state index contributed by atoms with van der Waals surface area (Å²) in [7, 11) is 0. The third-order valence-corrected chi connectivity index (χ3v) is 0. The minimum atomic E-state index is 0. The van der Waals surface area contributed by atoms with E-state index in [-0.39, 0.29) is 104 Å². The van der Waals surface area contributed by atoms with Gasteiger partial charge in [0.1, 0.15) is 0 Å². The lowest BCUT2D eigenvalue weighted by molar-refractivity contribution is 5.75. The Morgan fingerprint density at radius 3 is 0.400 bits per heavy atom. The van der Waals surface area contributed by atoms with Crippen LogP contribution in [0.4, 0.5) is 0 Å². The first kappa shape index (κ1) is 40.1. The van der Waals surface area contributed by atoms with E-state index in [1.807, 2.05) is 0 Å². The summed E-state index contributed by atoms with van der Waals surface area (Å²) >= 11 is 0. The first-order valence-corrected chi connectivity index (χ1v) is 0. The van der Waals surface area contributed by atoms with Crippen LogP contribution in [0.1, 0.15) is 0 Å². The molecule has 0 spiro atoms. The molecule has 0 nitrogen and oxygen atoms in total. The molecule has 5 heavy (non-hydrogen) atoms. The van der Waals surface area contributed by atoms with Crippen molar-refractivity contribution in [2.75, 3.05) is 0 Å². The van der Waals surface area contributed by atoms with Gasteiger partial charge in [-0.3, -0.25) is 0 Å². The molecule has 0 unspecified atom stereocenters. The summed E-state index contributed by atoms with van der Waals surface area (Å²) in [5, 5.41) is 0. The van der Waals surface area contributed by atoms with Crippen molar-refractivity contribution in [1.29, 1.82) is 0 Å². The van der Waals surface area contributed by atoms with Gasteiger partial charge < -0.3 is 0 Å². The smallest absolute Gasteiger partial charge is 0 e. The first-order valence-electron chi connectivity index (χ1n) is 0. The molecular weight excluding hydrogens is 127 g/mol. The fraction of sp³-hybridized carbons (Fsp3) is 0. The number of hydrogen-bond donors (Lipinski definition) is 0. The highest BCUT2D eigenvalue weighted by Crippen LogP contribution is -0.377. The van der Waals surface area contributed by atoms with Crippen LogP contribution in [0.2, 0.25) is 0 Å². The minimum Gasteiger partial charge on any atom is 0 e. The Morgan fingerprint density at radius 1 is 0.400 bits per heavy atom. The Morgan fingerprint density at radius 2 is 0.400 bits per heavy atom. The average molecular weight is 127 g/mol. The summed E-state index contributed by atoms with van der Waals surface area (Å²) in [6, 6.07) is 0. The minimum absolute atomic E-state index is 0. The summed E-state index contributed by atoms with van der Waals surface area (Å²) in [4.78, 5) is 0. The summed E-state index contributed by atoms with van der Waals surface area (Å²) in [6.45, 7) is 0. The van der Waals surface area contributed by atoms with Crippen molar-refractivity contribution < 1.29 is 0 Å². The van der Waals surface area contributed by atoms with Crippen molar-refractivity contribution in [3.63, 3.8) is 0 Å². The van der Waals surface area contributed by atoms with Crippen LogP contribution in [-0.2, 0) is 0 Å². The Kier molecular flexibility index (Phi) is 211. The van der Waals surface area contributed by atoms with E-state index in [9.17, 15) is 0 Å². The maximum Gasteiger partial charge on any atom is 0 e. The highest BCUT2D eigenvalue weighted by atomic mass is 27.0. The molecule has 0 aromatic rings. The largest absolute Gasteiger partial charge is 0 e. The van der Waals surface area contributed by atoms with Crippen LogP contribution in [0.25, 0.3) is 0 Å². The molecule has 0 aliphatic heterocycles. The quantitative estimate of drug-likeness (QED) is 0.333. The third kappa shape index (κ3) is 18.7. The van der Waals surface area contributed by atoms with Gasteiger partial charge in [0.05, 0.1) is 0 Å². The molecule has 0 saturated carbocycles. The lowest BCUT2D eigenvalue weighted by Crippen LogP contribution is -0.382. The SMILES string of the molecule is [Al].[Al].[Mg].[Mg].[Mg]. The van der Waals surface area contributed by atoms with E-state index in [0.29, 0.717) is 0 Å². The van der Waals surface area contributed by atoms with E-state index in [4.69, 9.17) is 0 Å². The van der Waals surface area contributed by atoms with Gasteiger partial charge in [-0.05, 0) is 0 Å². The van der Waals surface area contributed by atoms with E-state index in [1.165, 1.54) is 0 Å². The van der Waals surface area contributed by atoms with Crippen molar-refractivity contribution >= 4 is 104 Å². The maximum absolute atomic E-state index is 0. The molecule has 0 amide bonds. The Bertz CT molecular complexity index is 4.85. The van der Waals surface area contributed by atoms with Gasteiger partial charge >= 0.3 is 0 Å². The van der Waals surface area contributed by atoms with Crippen LogP contribution in [0, 0.1) is 0 Å². The van der Waals surface area contributed by atoms with Crippen LogP contribution < -0.4 is 0 Å². The van der Waals surface area contributed by atoms with Crippen molar-refractivity contribution in [1.82, 2.24) is 0 Å². The second-order valence-electron chi connectivity index (χ2n) is 0. The van der Waals surface area contributed by atoms with Crippen molar-refractivity contribution in [2.24, 2.45) is 0 Å². The Hall–Kier alpha value is 3.36. The molecule has 0 fully saturated rings. The zero-order valence-electron chi connectivity index (χ0n) is 3.28. The average Bonchev–Trinajstić information content (AvgIpc) is 0. The zero-order valence-corrected chi connectivity index (χ0v) is 9.83. The number of hydrogen-bond acceptors (Lipinski definition) is 0. The normalized spacial score (nSPS) is 0. The molecule has 0 N–H and O–H groups in total. The van der Waals surface area contributed by atoms with Gasteiger partial charge in [-0.1, -0.05) is 0 Å². The standard InChI is InChI=1S/2Al.3Mg. The first-order chi connectivity index (χ1) is 0. The van der Waals surface area contributed by atoms with E-state index < -0.39 is 0 Å². The highest BCUT2D eigenvalue weighted by Gasteiger charge is 0.00400. The van der Waals surface area contributed by atoms with Gasteiger partial charge in [-0.15, -0.1) is 0 Å². The molecule has 0 atom stereocenters. The van der Waals surface area contributed by atoms with Crippen LogP contribution in [0.15, 0.2) is 0 Å². The van der Waals surface area contributed by atoms with Crippen molar-refractivity contribution in [2.45, 2.75) is 0 Å². The van der Waals surface area contributed by atoms with Crippen molar-refractivity contribution in [3.05, 3.63) is 0 Å². The van der Waals surface area contributed by atoms with Crippen LogP contribution in [-0.4, -0.2) is 104 Å². The van der Waals surface area contributed by atoms with Gasteiger partial charge in [-0.2, -0.15) is 0 Å². The molecule has 0 heterocycles. The van der Waals surface area contributed by atoms with Crippen LogP contribution in [0.3, 0.4) is 0 Å². The molecular formula is Al2Mg3. The van der Waals surface area contributed by atoms with Gasteiger partial charge in [-0.25, -0.2) is 0 Å².